The molecule has 4 aromatic rings. The van der Waals surface area contributed by atoms with Gasteiger partial charge < -0.3 is 10.1 Å². The first-order valence-electron chi connectivity index (χ1n) is 9.63. The van der Waals surface area contributed by atoms with Gasteiger partial charge in [0, 0.05) is 46.2 Å². The standard InChI is InChI=1S/C22H13BrClF2N5O2/c23-12-5-11(6-14(7-12)33-22(25)26)18-9-17(30-31(18)13-1-3-27-19(24)8-13)20-16-10-29-21(32)15(16)2-4-28-20/h1-9,22H,10H2,(H,29,32). The maximum Gasteiger partial charge on any atom is 0.387 e. The van der Waals surface area contributed by atoms with Crippen LogP contribution < -0.4 is 10.1 Å². The highest BCUT2D eigenvalue weighted by molar-refractivity contribution is 9.10. The molecule has 11 heteroatoms. The number of aromatic nitrogens is 4. The predicted molar refractivity (Wildman–Crippen MR) is 121 cm³/mol. The number of carbonyl (C=O) groups excluding carboxylic acids is 1. The third-order valence-electron chi connectivity index (χ3n) is 5.03. The van der Waals surface area contributed by atoms with Gasteiger partial charge >= 0.3 is 6.61 Å². The Morgan fingerprint density at radius 1 is 1.12 bits per heavy atom. The van der Waals surface area contributed by atoms with Crippen LogP contribution in [0.15, 0.2) is 59.3 Å². The number of hydrogen-bond acceptors (Lipinski definition) is 5. The Morgan fingerprint density at radius 3 is 2.73 bits per heavy atom. The molecule has 0 spiro atoms. The monoisotopic (exact) mass is 531 g/mol. The van der Waals surface area contributed by atoms with Crippen LogP contribution in [0.4, 0.5) is 8.78 Å². The average Bonchev–Trinajstić information content (AvgIpc) is 3.37. The highest BCUT2D eigenvalue weighted by atomic mass is 79.9. The molecule has 1 N–H and O–H groups in total. The van der Waals surface area contributed by atoms with Crippen LogP contribution in [0.3, 0.4) is 0 Å². The number of rotatable bonds is 5. The Bertz CT molecular complexity index is 1400. The largest absolute Gasteiger partial charge is 0.435 e. The number of hydrogen-bond donors (Lipinski definition) is 1. The van der Waals surface area contributed by atoms with Crippen LogP contribution >= 0.6 is 27.5 Å². The number of fused-ring (bicyclic) bond motifs is 1. The summed E-state index contributed by atoms with van der Waals surface area (Å²) in [6.45, 7) is -2.63. The lowest BCUT2D eigenvalue weighted by atomic mass is 10.1. The summed E-state index contributed by atoms with van der Waals surface area (Å²) in [5, 5.41) is 7.77. The van der Waals surface area contributed by atoms with Gasteiger partial charge in [-0.2, -0.15) is 13.9 Å². The number of halogens is 4. The molecule has 0 radical (unpaired) electrons. The van der Waals surface area contributed by atoms with Crippen molar-refractivity contribution in [1.29, 1.82) is 0 Å². The van der Waals surface area contributed by atoms with E-state index in [9.17, 15) is 13.6 Å². The number of amides is 1. The number of alkyl halides is 2. The van der Waals surface area contributed by atoms with Crippen molar-refractivity contribution in [1.82, 2.24) is 25.1 Å². The lowest BCUT2D eigenvalue weighted by Crippen LogP contribution is -2.12. The molecule has 5 rings (SSSR count). The zero-order valence-corrected chi connectivity index (χ0v) is 18.9. The second-order valence-electron chi connectivity index (χ2n) is 7.09. The summed E-state index contributed by atoms with van der Waals surface area (Å²) < 4.78 is 32.4. The van der Waals surface area contributed by atoms with Crippen molar-refractivity contribution in [2.24, 2.45) is 0 Å². The molecule has 1 aromatic carbocycles. The minimum atomic E-state index is -2.97. The van der Waals surface area contributed by atoms with Crippen molar-refractivity contribution in [2.75, 3.05) is 0 Å². The molecule has 1 amide bonds. The van der Waals surface area contributed by atoms with E-state index in [0.29, 0.717) is 44.9 Å². The molecule has 7 nitrogen and oxygen atoms in total. The molecule has 0 saturated heterocycles. The van der Waals surface area contributed by atoms with E-state index >= 15 is 0 Å². The first-order chi connectivity index (χ1) is 15.9. The fraction of sp³-hybridized carbons (Fsp3) is 0.0909. The van der Waals surface area contributed by atoms with Gasteiger partial charge in [-0.25, -0.2) is 9.67 Å². The molecular weight excluding hydrogens is 520 g/mol. The van der Waals surface area contributed by atoms with Gasteiger partial charge in [0.05, 0.1) is 17.1 Å². The van der Waals surface area contributed by atoms with Crippen LogP contribution in [0.2, 0.25) is 5.15 Å². The highest BCUT2D eigenvalue weighted by Crippen LogP contribution is 2.35. The summed E-state index contributed by atoms with van der Waals surface area (Å²) in [6.07, 6.45) is 3.09. The van der Waals surface area contributed by atoms with Crippen molar-refractivity contribution in [3.8, 4) is 34.1 Å². The number of pyridine rings is 2. The smallest absolute Gasteiger partial charge is 0.387 e. The molecule has 166 valence electrons. The van der Waals surface area contributed by atoms with Crippen molar-refractivity contribution in [2.45, 2.75) is 13.2 Å². The van der Waals surface area contributed by atoms with E-state index in [2.05, 4.69) is 36.0 Å². The molecule has 0 saturated carbocycles. The average molecular weight is 533 g/mol. The normalized spacial score (nSPS) is 12.7. The van der Waals surface area contributed by atoms with E-state index in [1.807, 2.05) is 0 Å². The number of benzene rings is 1. The molecule has 0 fully saturated rings. The molecular formula is C22H13BrClF2N5O2. The predicted octanol–water partition coefficient (Wildman–Crippen LogP) is 5.26. The fourth-order valence-corrected chi connectivity index (χ4v) is 4.31. The lowest BCUT2D eigenvalue weighted by Gasteiger charge is -2.11. The van der Waals surface area contributed by atoms with E-state index < -0.39 is 6.61 Å². The van der Waals surface area contributed by atoms with Crippen LogP contribution in [0, 0.1) is 0 Å². The summed E-state index contributed by atoms with van der Waals surface area (Å²) in [7, 11) is 0. The molecule has 3 aromatic heterocycles. The molecule has 0 unspecified atom stereocenters. The van der Waals surface area contributed by atoms with Gasteiger partial charge in [-0.3, -0.25) is 9.78 Å². The van der Waals surface area contributed by atoms with E-state index in [1.54, 1.807) is 41.2 Å². The zero-order valence-electron chi connectivity index (χ0n) is 16.6. The van der Waals surface area contributed by atoms with Gasteiger partial charge in [-0.1, -0.05) is 27.5 Å². The number of ether oxygens (including phenoxy) is 1. The molecule has 0 atom stereocenters. The third kappa shape index (κ3) is 4.19. The summed E-state index contributed by atoms with van der Waals surface area (Å²) in [6, 6.07) is 11.5. The first-order valence-corrected chi connectivity index (χ1v) is 10.8. The summed E-state index contributed by atoms with van der Waals surface area (Å²) >= 11 is 9.44. The van der Waals surface area contributed by atoms with E-state index in [0.717, 1.165) is 5.56 Å². The SMILES string of the molecule is O=C1NCc2c1ccnc2-c1cc(-c2cc(Br)cc(OC(F)F)c2)n(-c2ccnc(Cl)c2)n1. The zero-order chi connectivity index (χ0) is 23.1. The third-order valence-corrected chi connectivity index (χ3v) is 5.69. The van der Waals surface area contributed by atoms with Crippen LogP contribution in [0.25, 0.3) is 28.3 Å². The van der Waals surface area contributed by atoms with Crippen molar-refractivity contribution < 1.29 is 18.3 Å². The Balaban J connectivity index is 1.71. The van der Waals surface area contributed by atoms with Crippen LogP contribution in [0.1, 0.15) is 15.9 Å². The van der Waals surface area contributed by atoms with Gasteiger partial charge in [0.1, 0.15) is 16.6 Å². The minimum Gasteiger partial charge on any atom is -0.435 e. The first kappa shape index (κ1) is 21.5. The Hall–Kier alpha value is -3.37. The molecule has 0 aliphatic carbocycles. The van der Waals surface area contributed by atoms with Crippen molar-refractivity contribution >= 4 is 33.4 Å². The van der Waals surface area contributed by atoms with E-state index in [4.69, 9.17) is 16.7 Å². The van der Waals surface area contributed by atoms with Crippen LogP contribution in [-0.4, -0.2) is 32.3 Å². The quantitative estimate of drug-likeness (QED) is 0.355. The maximum atomic E-state index is 12.8. The number of nitrogens with one attached hydrogen (secondary N) is 1. The fourth-order valence-electron chi connectivity index (χ4n) is 3.67. The molecule has 1 aliphatic heterocycles. The van der Waals surface area contributed by atoms with Gasteiger partial charge in [-0.15, -0.1) is 0 Å². The number of nitrogens with zero attached hydrogens (tertiary/aromatic N) is 4. The van der Waals surface area contributed by atoms with Gasteiger partial charge in [0.2, 0.25) is 0 Å². The Kier molecular flexibility index (Phi) is 5.55. The molecule has 33 heavy (non-hydrogen) atoms. The molecule has 0 bridgehead atoms. The van der Waals surface area contributed by atoms with Crippen LogP contribution in [0.5, 0.6) is 5.75 Å². The molecule has 1 aliphatic rings. The highest BCUT2D eigenvalue weighted by Gasteiger charge is 2.25. The van der Waals surface area contributed by atoms with Crippen molar-refractivity contribution in [3.05, 3.63) is 75.6 Å². The van der Waals surface area contributed by atoms with Gasteiger partial charge in [0.15, 0.2) is 0 Å². The van der Waals surface area contributed by atoms with E-state index in [1.165, 1.54) is 18.3 Å². The summed E-state index contributed by atoms with van der Waals surface area (Å²) in [5.74, 6) is -0.181. The molecule has 4 heterocycles. The van der Waals surface area contributed by atoms with Crippen LogP contribution in [-0.2, 0) is 6.54 Å². The minimum absolute atomic E-state index is 0.00930. The van der Waals surface area contributed by atoms with Gasteiger partial charge in [0.25, 0.3) is 5.91 Å². The Morgan fingerprint density at radius 2 is 1.94 bits per heavy atom. The van der Waals surface area contributed by atoms with Gasteiger partial charge in [-0.05, 0) is 36.4 Å². The van der Waals surface area contributed by atoms with Crippen molar-refractivity contribution in [3.63, 3.8) is 0 Å². The maximum absolute atomic E-state index is 12.8. The summed E-state index contributed by atoms with van der Waals surface area (Å²) in [4.78, 5) is 20.6. The lowest BCUT2D eigenvalue weighted by molar-refractivity contribution is -0.0498. The topological polar surface area (TPSA) is 81.9 Å². The number of carbonyl (C=O) groups is 1. The van der Waals surface area contributed by atoms with E-state index in [-0.39, 0.29) is 16.8 Å². The Labute approximate surface area is 199 Å². The second-order valence-corrected chi connectivity index (χ2v) is 8.39. The summed E-state index contributed by atoms with van der Waals surface area (Å²) in [5.41, 5.74) is 4.07. The second kappa shape index (κ2) is 8.53.